The number of hydrogen-bond donors (Lipinski definition) is 1. The standard InChI is InChI=1S/C13H11Br2ClN2/c14-10-6-11(15)13(17-7-10)18-8-12(16)9-4-2-1-3-5-9/h1-7,12H,8H2,(H,17,18). The number of halogens is 3. The number of aromatic nitrogens is 1. The molecule has 1 N–H and O–H groups in total. The number of pyridine rings is 1. The van der Waals surface area contributed by atoms with Crippen LogP contribution in [0.3, 0.4) is 0 Å². The van der Waals surface area contributed by atoms with Crippen LogP contribution in [-0.4, -0.2) is 11.5 Å². The molecule has 1 aromatic heterocycles. The highest BCUT2D eigenvalue weighted by Crippen LogP contribution is 2.25. The molecule has 18 heavy (non-hydrogen) atoms. The molecule has 2 nitrogen and oxygen atoms in total. The van der Waals surface area contributed by atoms with Crippen molar-refractivity contribution in [3.05, 3.63) is 57.1 Å². The van der Waals surface area contributed by atoms with Crippen molar-refractivity contribution in [3.8, 4) is 0 Å². The topological polar surface area (TPSA) is 24.9 Å². The van der Waals surface area contributed by atoms with Gasteiger partial charge in [0.05, 0.1) is 9.85 Å². The first kappa shape index (κ1) is 13.8. The Morgan fingerprint density at radius 3 is 2.61 bits per heavy atom. The molecule has 0 saturated carbocycles. The Kier molecular flexibility index (Phi) is 5.03. The minimum Gasteiger partial charge on any atom is -0.367 e. The number of nitrogens with one attached hydrogen (secondary N) is 1. The zero-order valence-corrected chi connectivity index (χ0v) is 13.3. The minimum atomic E-state index is -0.0800. The lowest BCUT2D eigenvalue weighted by molar-refractivity contribution is 0.965. The maximum Gasteiger partial charge on any atom is 0.140 e. The summed E-state index contributed by atoms with van der Waals surface area (Å²) in [7, 11) is 0. The van der Waals surface area contributed by atoms with Gasteiger partial charge in [-0.1, -0.05) is 30.3 Å². The van der Waals surface area contributed by atoms with Crippen molar-refractivity contribution in [2.45, 2.75) is 5.38 Å². The molecule has 0 radical (unpaired) electrons. The molecule has 1 unspecified atom stereocenters. The first-order chi connectivity index (χ1) is 8.66. The summed E-state index contributed by atoms with van der Waals surface area (Å²) in [5, 5.41) is 3.15. The summed E-state index contributed by atoms with van der Waals surface area (Å²) in [5.74, 6) is 0.791. The Morgan fingerprint density at radius 1 is 1.22 bits per heavy atom. The van der Waals surface area contributed by atoms with Gasteiger partial charge >= 0.3 is 0 Å². The van der Waals surface area contributed by atoms with Crippen LogP contribution in [0.1, 0.15) is 10.9 Å². The normalized spacial score (nSPS) is 12.2. The largest absolute Gasteiger partial charge is 0.367 e. The zero-order valence-electron chi connectivity index (χ0n) is 9.41. The maximum absolute atomic E-state index is 6.32. The van der Waals surface area contributed by atoms with Crippen molar-refractivity contribution in [2.75, 3.05) is 11.9 Å². The van der Waals surface area contributed by atoms with E-state index in [4.69, 9.17) is 11.6 Å². The smallest absolute Gasteiger partial charge is 0.140 e. The quantitative estimate of drug-likeness (QED) is 0.743. The third-order valence-corrected chi connectivity index (χ3v) is 3.86. The van der Waals surface area contributed by atoms with E-state index in [0.29, 0.717) is 6.54 Å². The number of hydrogen-bond acceptors (Lipinski definition) is 2. The summed E-state index contributed by atoms with van der Waals surface area (Å²) in [4.78, 5) is 4.28. The van der Waals surface area contributed by atoms with Gasteiger partial charge < -0.3 is 5.32 Å². The number of benzene rings is 1. The molecular weight excluding hydrogens is 379 g/mol. The second-order valence-corrected chi connectivity index (χ2v) is 6.04. The molecule has 0 aliphatic heterocycles. The third kappa shape index (κ3) is 3.70. The van der Waals surface area contributed by atoms with Crippen molar-refractivity contribution < 1.29 is 0 Å². The van der Waals surface area contributed by atoms with Crippen LogP contribution in [0.4, 0.5) is 5.82 Å². The number of anilines is 1. The summed E-state index contributed by atoms with van der Waals surface area (Å²) in [5.41, 5.74) is 1.10. The first-order valence-corrected chi connectivity index (χ1v) is 7.43. The summed E-state index contributed by atoms with van der Waals surface area (Å²) in [6.45, 7) is 0.624. The predicted molar refractivity (Wildman–Crippen MR) is 83.2 cm³/mol. The molecule has 0 aliphatic carbocycles. The molecule has 2 aromatic rings. The van der Waals surface area contributed by atoms with E-state index in [1.807, 2.05) is 36.4 Å². The molecule has 0 fully saturated rings. The molecule has 0 aliphatic rings. The fourth-order valence-electron chi connectivity index (χ4n) is 1.51. The van der Waals surface area contributed by atoms with Crippen molar-refractivity contribution >= 4 is 49.3 Å². The van der Waals surface area contributed by atoms with Gasteiger partial charge in [-0.15, -0.1) is 11.6 Å². The first-order valence-electron chi connectivity index (χ1n) is 5.41. The summed E-state index contributed by atoms with van der Waals surface area (Å²) in [6.07, 6.45) is 1.75. The fourth-order valence-corrected chi connectivity index (χ4v) is 2.86. The van der Waals surface area contributed by atoms with E-state index in [0.717, 1.165) is 20.3 Å². The van der Waals surface area contributed by atoms with E-state index in [9.17, 15) is 0 Å². The van der Waals surface area contributed by atoms with Crippen LogP contribution < -0.4 is 5.32 Å². The molecular formula is C13H11Br2ClN2. The Morgan fingerprint density at radius 2 is 1.94 bits per heavy atom. The SMILES string of the molecule is ClC(CNc1ncc(Br)cc1Br)c1ccccc1. The zero-order chi connectivity index (χ0) is 13.0. The Bertz CT molecular complexity index is 520. The van der Waals surface area contributed by atoms with Crippen molar-refractivity contribution in [1.29, 1.82) is 0 Å². The lowest BCUT2D eigenvalue weighted by Crippen LogP contribution is -2.09. The van der Waals surface area contributed by atoms with Gasteiger partial charge in [0.2, 0.25) is 0 Å². The van der Waals surface area contributed by atoms with Gasteiger partial charge in [-0.2, -0.15) is 0 Å². The molecule has 1 heterocycles. The molecule has 0 saturated heterocycles. The van der Waals surface area contributed by atoms with Crippen LogP contribution in [-0.2, 0) is 0 Å². The molecule has 1 atom stereocenters. The van der Waals surface area contributed by atoms with Crippen LogP contribution in [0.2, 0.25) is 0 Å². The second-order valence-electron chi connectivity index (χ2n) is 3.74. The van der Waals surface area contributed by atoms with E-state index in [1.54, 1.807) is 6.20 Å². The lowest BCUT2D eigenvalue weighted by Gasteiger charge is -2.12. The molecule has 0 amide bonds. The van der Waals surface area contributed by atoms with Crippen molar-refractivity contribution in [3.63, 3.8) is 0 Å². The summed E-state index contributed by atoms with van der Waals surface area (Å²) < 4.78 is 1.85. The van der Waals surface area contributed by atoms with Crippen LogP contribution in [0, 0.1) is 0 Å². The Balaban J connectivity index is 1.99. The summed E-state index contributed by atoms with van der Waals surface area (Å²) >= 11 is 13.1. The molecule has 5 heteroatoms. The number of nitrogens with zero attached hydrogens (tertiary/aromatic N) is 1. The van der Waals surface area contributed by atoms with Crippen molar-refractivity contribution in [2.24, 2.45) is 0 Å². The number of alkyl halides is 1. The maximum atomic E-state index is 6.32. The fraction of sp³-hybridized carbons (Fsp3) is 0.154. The number of rotatable bonds is 4. The highest BCUT2D eigenvalue weighted by Gasteiger charge is 2.08. The van der Waals surface area contributed by atoms with Crippen LogP contribution >= 0.6 is 43.5 Å². The van der Waals surface area contributed by atoms with Gasteiger partial charge in [0, 0.05) is 17.2 Å². The summed E-state index contributed by atoms with van der Waals surface area (Å²) in [6, 6.07) is 11.9. The van der Waals surface area contributed by atoms with E-state index in [2.05, 4.69) is 42.2 Å². The van der Waals surface area contributed by atoms with Gasteiger partial charge in [-0.05, 0) is 43.5 Å². The van der Waals surface area contributed by atoms with Gasteiger partial charge in [-0.3, -0.25) is 0 Å². The molecule has 1 aromatic carbocycles. The monoisotopic (exact) mass is 388 g/mol. The van der Waals surface area contributed by atoms with Crippen molar-refractivity contribution in [1.82, 2.24) is 4.98 Å². The minimum absolute atomic E-state index is 0.0800. The Hall–Kier alpha value is -0.580. The highest BCUT2D eigenvalue weighted by atomic mass is 79.9. The van der Waals surface area contributed by atoms with Crippen LogP contribution in [0.15, 0.2) is 51.5 Å². The van der Waals surface area contributed by atoms with Crippen LogP contribution in [0.5, 0.6) is 0 Å². The van der Waals surface area contributed by atoms with E-state index in [-0.39, 0.29) is 5.38 Å². The van der Waals surface area contributed by atoms with Gasteiger partial charge in [0.15, 0.2) is 0 Å². The molecule has 94 valence electrons. The van der Waals surface area contributed by atoms with E-state index < -0.39 is 0 Å². The lowest BCUT2D eigenvalue weighted by atomic mass is 10.1. The van der Waals surface area contributed by atoms with Gasteiger partial charge in [0.25, 0.3) is 0 Å². The van der Waals surface area contributed by atoms with E-state index >= 15 is 0 Å². The van der Waals surface area contributed by atoms with Crippen LogP contribution in [0.25, 0.3) is 0 Å². The average Bonchev–Trinajstić information content (AvgIpc) is 2.38. The second kappa shape index (κ2) is 6.55. The average molecular weight is 391 g/mol. The third-order valence-electron chi connectivity index (χ3n) is 2.42. The molecule has 2 rings (SSSR count). The highest BCUT2D eigenvalue weighted by molar-refractivity contribution is 9.11. The van der Waals surface area contributed by atoms with Gasteiger partial charge in [0.1, 0.15) is 5.82 Å². The molecule has 0 bridgehead atoms. The Labute approximate surface area is 128 Å². The van der Waals surface area contributed by atoms with E-state index in [1.165, 1.54) is 0 Å². The predicted octanol–water partition coefficient (Wildman–Crippen LogP) is 5.00. The molecule has 0 spiro atoms. The van der Waals surface area contributed by atoms with Gasteiger partial charge in [-0.25, -0.2) is 4.98 Å².